The Bertz CT molecular complexity index is 484. The second-order valence-corrected chi connectivity index (χ2v) is 6.97. The summed E-state index contributed by atoms with van der Waals surface area (Å²) >= 11 is 0. The highest BCUT2D eigenvalue weighted by Crippen LogP contribution is 2.24. The lowest BCUT2D eigenvalue weighted by molar-refractivity contribution is -0.124. The van der Waals surface area contributed by atoms with Crippen LogP contribution in [0.4, 0.5) is 0 Å². The Morgan fingerprint density at radius 3 is 2.59 bits per heavy atom. The molecule has 0 aliphatic carbocycles. The number of benzene rings is 1. The fourth-order valence-electron chi connectivity index (χ4n) is 2.59. The summed E-state index contributed by atoms with van der Waals surface area (Å²) in [5, 5.41) is 2.94. The zero-order valence-corrected chi connectivity index (χ0v) is 14.0. The van der Waals surface area contributed by atoms with Gasteiger partial charge in [-0.3, -0.25) is 4.79 Å². The first-order chi connectivity index (χ1) is 10.4. The van der Waals surface area contributed by atoms with Crippen LogP contribution in [0.2, 0.25) is 0 Å². The SMILES string of the molecule is CC(NC(=O)COc1ccc(C(C)(C)C)cc1)C1CCCO1. The van der Waals surface area contributed by atoms with Gasteiger partial charge in [0.05, 0.1) is 12.1 Å². The van der Waals surface area contributed by atoms with E-state index in [2.05, 4.69) is 26.1 Å². The number of hydrogen-bond acceptors (Lipinski definition) is 3. The van der Waals surface area contributed by atoms with Crippen LogP contribution in [0.15, 0.2) is 24.3 Å². The maximum absolute atomic E-state index is 11.9. The molecule has 0 radical (unpaired) electrons. The summed E-state index contributed by atoms with van der Waals surface area (Å²) < 4.78 is 11.1. The second-order valence-electron chi connectivity index (χ2n) is 6.97. The molecule has 1 N–H and O–H groups in total. The number of amides is 1. The summed E-state index contributed by atoms with van der Waals surface area (Å²) in [4.78, 5) is 11.9. The second kappa shape index (κ2) is 7.14. The third kappa shape index (κ3) is 4.73. The molecular formula is C18H27NO3. The highest BCUT2D eigenvalue weighted by molar-refractivity contribution is 5.77. The Labute approximate surface area is 133 Å². The van der Waals surface area contributed by atoms with Gasteiger partial charge in [-0.2, -0.15) is 0 Å². The minimum absolute atomic E-state index is 0.0295. The van der Waals surface area contributed by atoms with Gasteiger partial charge in [0.15, 0.2) is 6.61 Å². The Kier molecular flexibility index (Phi) is 5.46. The van der Waals surface area contributed by atoms with Crippen LogP contribution in [0.3, 0.4) is 0 Å². The van der Waals surface area contributed by atoms with Crippen LogP contribution >= 0.6 is 0 Å². The van der Waals surface area contributed by atoms with Crippen LogP contribution in [0.25, 0.3) is 0 Å². The molecule has 1 aromatic carbocycles. The quantitative estimate of drug-likeness (QED) is 0.909. The van der Waals surface area contributed by atoms with Crippen LogP contribution in [0.1, 0.15) is 46.1 Å². The highest BCUT2D eigenvalue weighted by Gasteiger charge is 2.23. The van der Waals surface area contributed by atoms with Gasteiger partial charge in [-0.05, 0) is 42.9 Å². The average Bonchev–Trinajstić information content (AvgIpc) is 2.99. The number of ether oxygens (including phenoxy) is 2. The van der Waals surface area contributed by atoms with E-state index in [-0.39, 0.29) is 30.1 Å². The molecule has 0 spiro atoms. The predicted molar refractivity (Wildman–Crippen MR) is 87.2 cm³/mol. The van der Waals surface area contributed by atoms with Gasteiger partial charge < -0.3 is 14.8 Å². The van der Waals surface area contributed by atoms with E-state index in [0.717, 1.165) is 19.4 Å². The molecule has 1 aliphatic heterocycles. The Hall–Kier alpha value is -1.55. The summed E-state index contributed by atoms with van der Waals surface area (Å²) in [7, 11) is 0. The van der Waals surface area contributed by atoms with Crippen molar-refractivity contribution >= 4 is 5.91 Å². The lowest BCUT2D eigenvalue weighted by atomic mass is 9.87. The highest BCUT2D eigenvalue weighted by atomic mass is 16.5. The normalized spacial score (nSPS) is 19.7. The van der Waals surface area contributed by atoms with Crippen molar-refractivity contribution < 1.29 is 14.3 Å². The number of nitrogens with one attached hydrogen (secondary N) is 1. The molecule has 122 valence electrons. The number of carbonyl (C=O) groups is 1. The number of rotatable bonds is 5. The van der Waals surface area contributed by atoms with Crippen molar-refractivity contribution in [2.75, 3.05) is 13.2 Å². The van der Waals surface area contributed by atoms with Crippen molar-refractivity contribution in [2.45, 2.75) is 58.1 Å². The topological polar surface area (TPSA) is 47.6 Å². The van der Waals surface area contributed by atoms with E-state index < -0.39 is 0 Å². The maximum atomic E-state index is 11.9. The summed E-state index contributed by atoms with van der Waals surface area (Å²) in [6.45, 7) is 9.31. The first-order valence-corrected chi connectivity index (χ1v) is 8.00. The third-order valence-corrected chi connectivity index (χ3v) is 4.00. The molecule has 1 aromatic rings. The lowest BCUT2D eigenvalue weighted by Crippen LogP contribution is -2.42. The molecule has 2 unspecified atom stereocenters. The smallest absolute Gasteiger partial charge is 0.258 e. The summed E-state index contributed by atoms with van der Waals surface area (Å²) in [6, 6.07) is 7.95. The van der Waals surface area contributed by atoms with Crippen LogP contribution in [0.5, 0.6) is 5.75 Å². The van der Waals surface area contributed by atoms with Crippen molar-refractivity contribution in [3.8, 4) is 5.75 Å². The summed E-state index contributed by atoms with van der Waals surface area (Å²) in [5.41, 5.74) is 1.36. The fourth-order valence-corrected chi connectivity index (χ4v) is 2.59. The van der Waals surface area contributed by atoms with Gasteiger partial charge in [0.25, 0.3) is 5.91 Å². The molecule has 1 fully saturated rings. The third-order valence-electron chi connectivity index (χ3n) is 4.00. The molecule has 0 aromatic heterocycles. The molecule has 1 heterocycles. The van der Waals surface area contributed by atoms with E-state index in [1.54, 1.807) is 0 Å². The van der Waals surface area contributed by atoms with Crippen LogP contribution in [-0.4, -0.2) is 31.3 Å². The fraction of sp³-hybridized carbons (Fsp3) is 0.611. The molecule has 2 atom stereocenters. The summed E-state index contributed by atoms with van der Waals surface area (Å²) in [6.07, 6.45) is 2.22. The van der Waals surface area contributed by atoms with Crippen molar-refractivity contribution in [3.63, 3.8) is 0 Å². The molecule has 1 aliphatic rings. The largest absolute Gasteiger partial charge is 0.484 e. The first-order valence-electron chi connectivity index (χ1n) is 8.00. The molecular weight excluding hydrogens is 278 g/mol. The molecule has 2 rings (SSSR count). The van der Waals surface area contributed by atoms with Gasteiger partial charge in [0.1, 0.15) is 5.75 Å². The van der Waals surface area contributed by atoms with Crippen LogP contribution in [0, 0.1) is 0 Å². The Morgan fingerprint density at radius 1 is 1.36 bits per heavy atom. The Balaban J connectivity index is 1.78. The van der Waals surface area contributed by atoms with E-state index in [1.165, 1.54) is 5.56 Å². The zero-order valence-electron chi connectivity index (χ0n) is 14.0. The predicted octanol–water partition coefficient (Wildman–Crippen LogP) is 3.05. The minimum Gasteiger partial charge on any atom is -0.484 e. The van der Waals surface area contributed by atoms with Gasteiger partial charge >= 0.3 is 0 Å². The number of hydrogen-bond donors (Lipinski definition) is 1. The van der Waals surface area contributed by atoms with E-state index in [4.69, 9.17) is 9.47 Å². The van der Waals surface area contributed by atoms with Gasteiger partial charge in [0.2, 0.25) is 0 Å². The molecule has 4 heteroatoms. The van der Waals surface area contributed by atoms with Crippen LogP contribution in [-0.2, 0) is 14.9 Å². The van der Waals surface area contributed by atoms with E-state index in [1.807, 2.05) is 31.2 Å². The van der Waals surface area contributed by atoms with Gasteiger partial charge in [-0.15, -0.1) is 0 Å². The minimum atomic E-state index is -0.108. The monoisotopic (exact) mass is 305 g/mol. The maximum Gasteiger partial charge on any atom is 0.258 e. The first kappa shape index (κ1) is 16.8. The van der Waals surface area contributed by atoms with Crippen molar-refractivity contribution in [1.29, 1.82) is 0 Å². The average molecular weight is 305 g/mol. The zero-order chi connectivity index (χ0) is 16.2. The van der Waals surface area contributed by atoms with Crippen LogP contribution < -0.4 is 10.1 Å². The molecule has 1 amide bonds. The summed E-state index contributed by atoms with van der Waals surface area (Å²) in [5.74, 6) is 0.607. The number of carbonyl (C=O) groups excluding carboxylic acids is 1. The molecule has 0 saturated carbocycles. The van der Waals surface area contributed by atoms with Crippen molar-refractivity contribution in [2.24, 2.45) is 0 Å². The molecule has 0 bridgehead atoms. The molecule has 1 saturated heterocycles. The standard InChI is InChI=1S/C18H27NO3/c1-13(16-6-5-11-21-16)19-17(20)12-22-15-9-7-14(8-10-15)18(2,3)4/h7-10,13,16H,5-6,11-12H2,1-4H3,(H,19,20). The van der Waals surface area contributed by atoms with Crippen molar-refractivity contribution in [3.05, 3.63) is 29.8 Å². The van der Waals surface area contributed by atoms with Gasteiger partial charge in [-0.25, -0.2) is 0 Å². The van der Waals surface area contributed by atoms with Gasteiger partial charge in [0, 0.05) is 6.61 Å². The van der Waals surface area contributed by atoms with Gasteiger partial charge in [-0.1, -0.05) is 32.9 Å². The molecule has 22 heavy (non-hydrogen) atoms. The van der Waals surface area contributed by atoms with E-state index >= 15 is 0 Å². The van der Waals surface area contributed by atoms with Crippen molar-refractivity contribution in [1.82, 2.24) is 5.32 Å². The Morgan fingerprint density at radius 2 is 2.05 bits per heavy atom. The van der Waals surface area contributed by atoms with E-state index in [0.29, 0.717) is 5.75 Å². The molecule has 4 nitrogen and oxygen atoms in total. The van der Waals surface area contributed by atoms with E-state index in [9.17, 15) is 4.79 Å². The lowest BCUT2D eigenvalue weighted by Gasteiger charge is -2.20.